The first-order valence-corrected chi connectivity index (χ1v) is 13.6. The van der Waals surface area contributed by atoms with Gasteiger partial charge in [-0.1, -0.05) is 42.5 Å². The van der Waals surface area contributed by atoms with E-state index in [4.69, 9.17) is 16.6 Å². The molecule has 1 saturated heterocycles. The van der Waals surface area contributed by atoms with E-state index < -0.39 is 20.0 Å². The van der Waals surface area contributed by atoms with Gasteiger partial charge < -0.3 is 4.90 Å². The molecule has 2 aliphatic rings. The van der Waals surface area contributed by atoms with Crippen LogP contribution >= 0.6 is 22.9 Å². The lowest BCUT2D eigenvalue weighted by Gasteiger charge is -2.36. The molecule has 0 bridgehead atoms. The van der Waals surface area contributed by atoms with Crippen molar-refractivity contribution in [2.24, 2.45) is 0 Å². The fraction of sp³-hybridized carbons (Fsp3) is 0.458. The Balaban J connectivity index is 1.41. The Morgan fingerprint density at radius 1 is 1.23 bits per heavy atom. The summed E-state index contributed by atoms with van der Waals surface area (Å²) >= 11 is 8.17. The lowest BCUT2D eigenvalue weighted by molar-refractivity contribution is 0.518. The molecule has 0 radical (unpaired) electrons. The molecule has 2 aromatic rings. The fourth-order valence-electron chi connectivity index (χ4n) is 4.43. The number of benzene rings is 1. The number of anilines is 1. The van der Waals surface area contributed by atoms with E-state index in [1.807, 2.05) is 6.08 Å². The van der Waals surface area contributed by atoms with Gasteiger partial charge in [0.1, 0.15) is 5.25 Å². The average Bonchev–Trinajstić information content (AvgIpc) is 3.19. The number of hydrogen-bond acceptors (Lipinski definition) is 5. The summed E-state index contributed by atoms with van der Waals surface area (Å²) in [6.45, 7) is 7.47. The molecular formula is C24H29ClN2O2S2. The van der Waals surface area contributed by atoms with E-state index in [0.717, 1.165) is 17.2 Å². The summed E-state index contributed by atoms with van der Waals surface area (Å²) in [7, 11) is -3.36. The molecule has 0 N–H and O–H groups in total. The van der Waals surface area contributed by atoms with Gasteiger partial charge in [0.15, 0.2) is 15.0 Å². The van der Waals surface area contributed by atoms with Crippen LogP contribution in [0.15, 0.2) is 47.9 Å². The standard InChI is InChI=1S/C24H29ClN2O2S2/c1-17-7-6-8-19(18(17)2)15-20-16-30-23(26-20)27-13-10-21(11-14-27)31(28,29)22-9-4-5-12-24(22,3)25/h4-9,12,16,21-22H,10-11,13-15H2,1-3H3. The average molecular weight is 477 g/mol. The zero-order chi connectivity index (χ0) is 22.2. The van der Waals surface area contributed by atoms with Crippen molar-refractivity contribution >= 4 is 37.9 Å². The number of piperidine rings is 1. The van der Waals surface area contributed by atoms with Gasteiger partial charge in [-0.15, -0.1) is 22.9 Å². The van der Waals surface area contributed by atoms with Crippen LogP contribution < -0.4 is 4.90 Å². The summed E-state index contributed by atoms with van der Waals surface area (Å²) in [4.78, 5) is 6.19. The molecule has 31 heavy (non-hydrogen) atoms. The lowest BCUT2D eigenvalue weighted by atomic mass is 10.0. The summed E-state index contributed by atoms with van der Waals surface area (Å²) < 4.78 is 26.5. The summed E-state index contributed by atoms with van der Waals surface area (Å²) in [5, 5.41) is 2.07. The van der Waals surface area contributed by atoms with Gasteiger partial charge in [0, 0.05) is 24.9 Å². The molecular weight excluding hydrogens is 448 g/mol. The maximum atomic E-state index is 13.3. The number of hydrogen-bond donors (Lipinski definition) is 0. The van der Waals surface area contributed by atoms with Crippen LogP contribution in [0.5, 0.6) is 0 Å². The number of allylic oxidation sites excluding steroid dienone is 3. The van der Waals surface area contributed by atoms with Gasteiger partial charge in [-0.25, -0.2) is 13.4 Å². The Morgan fingerprint density at radius 3 is 2.68 bits per heavy atom. The molecule has 0 saturated carbocycles. The molecule has 1 fully saturated rings. The predicted molar refractivity (Wildman–Crippen MR) is 131 cm³/mol. The Labute approximate surface area is 194 Å². The topological polar surface area (TPSA) is 50.3 Å². The van der Waals surface area contributed by atoms with Crippen LogP contribution in [0.1, 0.15) is 42.1 Å². The molecule has 0 spiro atoms. The van der Waals surface area contributed by atoms with Crippen LogP contribution in [0.2, 0.25) is 0 Å². The van der Waals surface area contributed by atoms with Crippen molar-refractivity contribution in [2.75, 3.05) is 18.0 Å². The molecule has 166 valence electrons. The molecule has 1 aromatic heterocycles. The van der Waals surface area contributed by atoms with Gasteiger partial charge in [-0.3, -0.25) is 0 Å². The first kappa shape index (κ1) is 22.6. The summed E-state index contributed by atoms with van der Waals surface area (Å²) in [6.07, 6.45) is 9.15. The van der Waals surface area contributed by atoms with Crippen LogP contribution in [-0.2, 0) is 16.3 Å². The van der Waals surface area contributed by atoms with Crippen LogP contribution in [-0.4, -0.2) is 41.9 Å². The zero-order valence-electron chi connectivity index (χ0n) is 18.2. The number of nitrogens with zero attached hydrogens (tertiary/aromatic N) is 2. The number of aryl methyl sites for hydroxylation is 1. The third-order valence-electron chi connectivity index (χ3n) is 6.53. The second kappa shape index (κ2) is 8.72. The van der Waals surface area contributed by atoms with E-state index in [1.165, 1.54) is 16.7 Å². The molecule has 1 aromatic carbocycles. The van der Waals surface area contributed by atoms with E-state index in [-0.39, 0.29) is 5.25 Å². The number of alkyl halides is 1. The van der Waals surface area contributed by atoms with E-state index >= 15 is 0 Å². The minimum Gasteiger partial charge on any atom is -0.348 e. The SMILES string of the molecule is Cc1cccc(Cc2csc(N3CCC(S(=O)(=O)C4C=CC=CC4(C)Cl)CC3)n2)c1C. The highest BCUT2D eigenvalue weighted by Crippen LogP contribution is 2.36. The van der Waals surface area contributed by atoms with Crippen LogP contribution in [0, 0.1) is 13.8 Å². The van der Waals surface area contributed by atoms with Crippen molar-refractivity contribution in [3.05, 3.63) is 70.3 Å². The fourth-order valence-corrected chi connectivity index (χ4v) is 8.14. The minimum absolute atomic E-state index is 0.364. The smallest absolute Gasteiger partial charge is 0.185 e. The van der Waals surface area contributed by atoms with E-state index in [0.29, 0.717) is 25.9 Å². The summed E-state index contributed by atoms with van der Waals surface area (Å²) in [5.41, 5.74) is 4.99. The summed E-state index contributed by atoms with van der Waals surface area (Å²) in [5.74, 6) is 0. The summed E-state index contributed by atoms with van der Waals surface area (Å²) in [6, 6.07) is 6.40. The molecule has 1 aliphatic carbocycles. The van der Waals surface area contributed by atoms with Gasteiger partial charge in [0.2, 0.25) is 0 Å². The van der Waals surface area contributed by atoms with Gasteiger partial charge in [-0.2, -0.15) is 0 Å². The number of rotatable bonds is 5. The van der Waals surface area contributed by atoms with Crippen molar-refractivity contribution in [1.82, 2.24) is 4.98 Å². The van der Waals surface area contributed by atoms with Gasteiger partial charge in [-0.05, 0) is 50.3 Å². The van der Waals surface area contributed by atoms with Crippen molar-refractivity contribution < 1.29 is 8.42 Å². The second-order valence-electron chi connectivity index (χ2n) is 8.75. The highest BCUT2D eigenvalue weighted by atomic mass is 35.5. The number of halogens is 1. The van der Waals surface area contributed by atoms with Gasteiger partial charge >= 0.3 is 0 Å². The van der Waals surface area contributed by atoms with Crippen molar-refractivity contribution in [1.29, 1.82) is 0 Å². The lowest BCUT2D eigenvalue weighted by Crippen LogP contribution is -2.47. The Hall–Kier alpha value is -1.63. The number of sulfone groups is 1. The molecule has 4 nitrogen and oxygen atoms in total. The zero-order valence-corrected chi connectivity index (χ0v) is 20.6. The molecule has 7 heteroatoms. The predicted octanol–water partition coefficient (Wildman–Crippen LogP) is 5.23. The van der Waals surface area contributed by atoms with Crippen molar-refractivity contribution in [3.63, 3.8) is 0 Å². The van der Waals surface area contributed by atoms with E-state index in [2.05, 4.69) is 42.3 Å². The molecule has 2 heterocycles. The quantitative estimate of drug-likeness (QED) is 0.554. The third-order valence-corrected chi connectivity index (χ3v) is 10.7. The van der Waals surface area contributed by atoms with Crippen molar-refractivity contribution in [3.8, 4) is 0 Å². The van der Waals surface area contributed by atoms with Crippen LogP contribution in [0.4, 0.5) is 5.13 Å². The molecule has 1 aliphatic heterocycles. The highest BCUT2D eigenvalue weighted by molar-refractivity contribution is 7.93. The molecule has 2 atom stereocenters. The minimum atomic E-state index is -3.36. The molecule has 4 rings (SSSR count). The number of thiazole rings is 1. The Morgan fingerprint density at radius 2 is 1.97 bits per heavy atom. The normalized spacial score (nSPS) is 24.6. The van der Waals surface area contributed by atoms with E-state index in [1.54, 1.807) is 36.5 Å². The largest absolute Gasteiger partial charge is 0.348 e. The third kappa shape index (κ3) is 4.62. The molecule has 2 unspecified atom stereocenters. The first-order valence-electron chi connectivity index (χ1n) is 10.7. The van der Waals surface area contributed by atoms with Crippen LogP contribution in [0.3, 0.4) is 0 Å². The maximum Gasteiger partial charge on any atom is 0.185 e. The number of aromatic nitrogens is 1. The van der Waals surface area contributed by atoms with Gasteiger partial charge in [0.25, 0.3) is 0 Å². The van der Waals surface area contributed by atoms with Gasteiger partial charge in [0.05, 0.1) is 15.8 Å². The Kier molecular flexibility index (Phi) is 6.35. The Bertz CT molecular complexity index is 1110. The van der Waals surface area contributed by atoms with Crippen molar-refractivity contribution in [2.45, 2.75) is 55.4 Å². The van der Waals surface area contributed by atoms with Crippen LogP contribution in [0.25, 0.3) is 0 Å². The van der Waals surface area contributed by atoms with E-state index in [9.17, 15) is 8.42 Å². The monoisotopic (exact) mass is 476 g/mol. The first-order chi connectivity index (χ1) is 14.7. The highest BCUT2D eigenvalue weighted by Gasteiger charge is 2.44. The second-order valence-corrected chi connectivity index (χ2v) is 12.8. The molecule has 0 amide bonds. The maximum absolute atomic E-state index is 13.3.